The Labute approximate surface area is 95.2 Å². The summed E-state index contributed by atoms with van der Waals surface area (Å²) in [4.78, 5) is 0. The van der Waals surface area contributed by atoms with Gasteiger partial charge in [0.1, 0.15) is 0 Å². The second kappa shape index (κ2) is 4.11. The molecule has 0 saturated heterocycles. The zero-order chi connectivity index (χ0) is 11.5. The summed E-state index contributed by atoms with van der Waals surface area (Å²) in [5, 5.41) is 0. The lowest BCUT2D eigenvalue weighted by Crippen LogP contribution is -1.92. The fourth-order valence-electron chi connectivity index (χ4n) is 1.62. The van der Waals surface area contributed by atoms with E-state index in [2.05, 4.69) is 6.58 Å². The molecule has 2 aromatic carbocycles. The van der Waals surface area contributed by atoms with E-state index in [-0.39, 0.29) is 0 Å². The summed E-state index contributed by atoms with van der Waals surface area (Å²) >= 11 is 0. The van der Waals surface area contributed by atoms with Crippen molar-refractivity contribution in [2.24, 2.45) is 0 Å². The Hall–Kier alpha value is -2.22. The molecular formula is C14H14N2. The van der Waals surface area contributed by atoms with Crippen molar-refractivity contribution in [3.8, 4) is 11.1 Å². The zero-order valence-corrected chi connectivity index (χ0v) is 8.98. The van der Waals surface area contributed by atoms with Crippen LogP contribution in [-0.2, 0) is 0 Å². The monoisotopic (exact) mass is 210 g/mol. The Kier molecular flexibility index (Phi) is 2.64. The van der Waals surface area contributed by atoms with E-state index in [1.807, 2.05) is 42.5 Å². The first kappa shape index (κ1) is 10.3. The lowest BCUT2D eigenvalue weighted by atomic mass is 10.0. The fraction of sp³-hybridized carbons (Fsp3) is 0. The number of rotatable bonds is 2. The molecule has 0 saturated carbocycles. The maximum atomic E-state index is 5.92. The highest BCUT2D eigenvalue weighted by Gasteiger charge is 2.02. The molecule has 0 aliphatic carbocycles. The van der Waals surface area contributed by atoms with E-state index in [1.165, 1.54) is 0 Å². The summed E-state index contributed by atoms with van der Waals surface area (Å²) in [7, 11) is 0. The maximum absolute atomic E-state index is 5.92. The standard InChI is InChI=1S/C14H14N2/c1-2-10-3-5-11(6-4-10)13-9-12(15)7-8-14(13)16/h2-9H,1,15-16H2. The van der Waals surface area contributed by atoms with Crippen molar-refractivity contribution in [1.29, 1.82) is 0 Å². The van der Waals surface area contributed by atoms with Crippen LogP contribution < -0.4 is 11.5 Å². The van der Waals surface area contributed by atoms with Crippen LogP contribution in [0.3, 0.4) is 0 Å². The summed E-state index contributed by atoms with van der Waals surface area (Å²) in [6.07, 6.45) is 1.81. The SMILES string of the molecule is C=Cc1ccc(-c2cc(N)ccc2N)cc1. The molecule has 2 rings (SSSR count). The van der Waals surface area contributed by atoms with Gasteiger partial charge in [-0.05, 0) is 29.3 Å². The molecule has 80 valence electrons. The van der Waals surface area contributed by atoms with E-state index in [0.717, 1.165) is 28.1 Å². The predicted octanol–water partition coefficient (Wildman–Crippen LogP) is 3.16. The molecule has 0 spiro atoms. The number of hydrogen-bond donors (Lipinski definition) is 2. The van der Waals surface area contributed by atoms with Gasteiger partial charge < -0.3 is 11.5 Å². The molecule has 0 fully saturated rings. The molecule has 0 amide bonds. The van der Waals surface area contributed by atoms with Crippen LogP contribution in [0.1, 0.15) is 5.56 Å². The predicted molar refractivity (Wildman–Crippen MR) is 70.8 cm³/mol. The molecule has 0 atom stereocenters. The highest BCUT2D eigenvalue weighted by Crippen LogP contribution is 2.28. The van der Waals surface area contributed by atoms with E-state index in [9.17, 15) is 0 Å². The molecule has 2 heteroatoms. The third kappa shape index (κ3) is 1.91. The van der Waals surface area contributed by atoms with Crippen LogP contribution in [0.4, 0.5) is 11.4 Å². The van der Waals surface area contributed by atoms with E-state index < -0.39 is 0 Å². The van der Waals surface area contributed by atoms with Crippen LogP contribution in [0.15, 0.2) is 49.0 Å². The van der Waals surface area contributed by atoms with Crippen LogP contribution in [0.5, 0.6) is 0 Å². The molecule has 0 unspecified atom stereocenters. The molecule has 0 heterocycles. The fourth-order valence-corrected chi connectivity index (χ4v) is 1.62. The molecule has 2 nitrogen and oxygen atoms in total. The van der Waals surface area contributed by atoms with E-state index in [0.29, 0.717) is 0 Å². The second-order valence-corrected chi connectivity index (χ2v) is 3.67. The van der Waals surface area contributed by atoms with Gasteiger partial charge in [-0.3, -0.25) is 0 Å². The van der Waals surface area contributed by atoms with Crippen molar-refractivity contribution in [2.45, 2.75) is 0 Å². The number of nitrogen functional groups attached to an aromatic ring is 2. The van der Waals surface area contributed by atoms with Crippen molar-refractivity contribution < 1.29 is 0 Å². The number of nitrogens with two attached hydrogens (primary N) is 2. The average Bonchev–Trinajstić information content (AvgIpc) is 2.32. The lowest BCUT2D eigenvalue weighted by Gasteiger charge is -2.07. The minimum Gasteiger partial charge on any atom is -0.399 e. The van der Waals surface area contributed by atoms with Crippen LogP contribution >= 0.6 is 0 Å². The van der Waals surface area contributed by atoms with Crippen LogP contribution in [0.25, 0.3) is 17.2 Å². The van der Waals surface area contributed by atoms with E-state index >= 15 is 0 Å². The van der Waals surface area contributed by atoms with Gasteiger partial charge >= 0.3 is 0 Å². The third-order valence-corrected chi connectivity index (χ3v) is 2.53. The molecule has 4 N–H and O–H groups in total. The Morgan fingerprint density at radius 3 is 2.25 bits per heavy atom. The molecule has 0 aliphatic rings. The smallest absolute Gasteiger partial charge is 0.0395 e. The second-order valence-electron chi connectivity index (χ2n) is 3.67. The van der Waals surface area contributed by atoms with Crippen molar-refractivity contribution in [3.05, 3.63) is 54.6 Å². The van der Waals surface area contributed by atoms with Crippen LogP contribution in [0.2, 0.25) is 0 Å². The van der Waals surface area contributed by atoms with Gasteiger partial charge in [0.25, 0.3) is 0 Å². The normalized spacial score (nSPS) is 10.0. The summed E-state index contributed by atoms with van der Waals surface area (Å²) in [5.74, 6) is 0. The Bertz CT molecular complexity index is 513. The quantitative estimate of drug-likeness (QED) is 0.748. The first-order valence-corrected chi connectivity index (χ1v) is 5.08. The molecule has 0 bridgehead atoms. The Morgan fingerprint density at radius 2 is 1.62 bits per heavy atom. The van der Waals surface area contributed by atoms with Gasteiger partial charge in [-0.25, -0.2) is 0 Å². The van der Waals surface area contributed by atoms with Gasteiger partial charge in [-0.2, -0.15) is 0 Å². The van der Waals surface area contributed by atoms with Gasteiger partial charge in [-0.1, -0.05) is 36.9 Å². The van der Waals surface area contributed by atoms with E-state index in [1.54, 1.807) is 6.07 Å². The van der Waals surface area contributed by atoms with Gasteiger partial charge in [-0.15, -0.1) is 0 Å². The number of anilines is 2. The van der Waals surface area contributed by atoms with Crippen molar-refractivity contribution in [2.75, 3.05) is 11.5 Å². The minimum absolute atomic E-state index is 0.719. The van der Waals surface area contributed by atoms with Gasteiger partial charge in [0.05, 0.1) is 0 Å². The number of hydrogen-bond acceptors (Lipinski definition) is 2. The Balaban J connectivity index is 2.49. The zero-order valence-electron chi connectivity index (χ0n) is 8.98. The minimum atomic E-state index is 0.719. The molecule has 16 heavy (non-hydrogen) atoms. The average molecular weight is 210 g/mol. The van der Waals surface area contributed by atoms with Crippen molar-refractivity contribution >= 4 is 17.5 Å². The topological polar surface area (TPSA) is 52.0 Å². The van der Waals surface area contributed by atoms with Gasteiger partial charge in [0, 0.05) is 16.9 Å². The molecular weight excluding hydrogens is 196 g/mol. The molecule has 0 radical (unpaired) electrons. The first-order chi connectivity index (χ1) is 7.70. The molecule has 2 aromatic rings. The summed E-state index contributed by atoms with van der Waals surface area (Å²) < 4.78 is 0. The highest BCUT2D eigenvalue weighted by molar-refractivity contribution is 5.79. The number of benzene rings is 2. The van der Waals surface area contributed by atoms with Gasteiger partial charge in [0.2, 0.25) is 0 Å². The summed E-state index contributed by atoms with van der Waals surface area (Å²) in [6, 6.07) is 13.6. The van der Waals surface area contributed by atoms with E-state index in [4.69, 9.17) is 11.5 Å². The molecule has 0 aliphatic heterocycles. The highest BCUT2D eigenvalue weighted by atomic mass is 14.6. The first-order valence-electron chi connectivity index (χ1n) is 5.08. The maximum Gasteiger partial charge on any atom is 0.0395 e. The summed E-state index contributed by atoms with van der Waals surface area (Å²) in [5.41, 5.74) is 16.2. The lowest BCUT2D eigenvalue weighted by molar-refractivity contribution is 1.59. The third-order valence-electron chi connectivity index (χ3n) is 2.53. The van der Waals surface area contributed by atoms with Crippen molar-refractivity contribution in [3.63, 3.8) is 0 Å². The Morgan fingerprint density at radius 1 is 0.938 bits per heavy atom. The molecule has 0 aromatic heterocycles. The summed E-state index contributed by atoms with van der Waals surface area (Å²) in [6.45, 7) is 3.72. The van der Waals surface area contributed by atoms with Gasteiger partial charge in [0.15, 0.2) is 0 Å². The largest absolute Gasteiger partial charge is 0.399 e. The van der Waals surface area contributed by atoms with Crippen LogP contribution in [-0.4, -0.2) is 0 Å². The van der Waals surface area contributed by atoms with Crippen molar-refractivity contribution in [1.82, 2.24) is 0 Å². The van der Waals surface area contributed by atoms with Crippen LogP contribution in [0, 0.1) is 0 Å².